The fraction of sp³-hybridized carbons (Fsp3) is 0.136. The highest BCUT2D eigenvalue weighted by molar-refractivity contribution is 7.90. The van der Waals surface area contributed by atoms with E-state index in [9.17, 15) is 13.2 Å². The van der Waals surface area contributed by atoms with Gasteiger partial charge in [-0.3, -0.25) is 10.0 Å². The van der Waals surface area contributed by atoms with Crippen molar-refractivity contribution < 1.29 is 18.4 Å². The largest absolute Gasteiger partial charge is 0.305 e. The highest BCUT2D eigenvalue weighted by Gasteiger charge is 2.16. The second-order valence-electron chi connectivity index (χ2n) is 7.05. The zero-order valence-corrected chi connectivity index (χ0v) is 17.5. The molecule has 0 saturated carbocycles. The normalized spacial score (nSPS) is 11.9. The van der Waals surface area contributed by atoms with Crippen molar-refractivity contribution in [2.24, 2.45) is 0 Å². The van der Waals surface area contributed by atoms with Gasteiger partial charge in [0.05, 0.1) is 4.90 Å². The van der Waals surface area contributed by atoms with E-state index >= 15 is 0 Å². The van der Waals surface area contributed by atoms with Crippen molar-refractivity contribution in [3.63, 3.8) is 0 Å². The van der Waals surface area contributed by atoms with Crippen LogP contribution in [-0.4, -0.2) is 42.5 Å². The monoisotopic (exact) mass is 425 g/mol. The number of benzene rings is 2. The van der Waals surface area contributed by atoms with Gasteiger partial charge < -0.3 is 4.90 Å². The SMILES string of the molecule is CN(C)Cc1cccc(-c2ccc(S(=O)(=O)n3ccc(/C=C/C(=O)NO)c3)cc2)c1. The standard InChI is InChI=1S/C22H23N3O4S/c1-24(2)15-18-4-3-5-20(14-18)19-7-9-21(10-8-19)30(28,29)25-13-12-17(16-25)6-11-22(26)23-27/h3-14,16,27H,15H2,1-2H3,(H,23,26)/b11-6+. The topological polar surface area (TPSA) is 91.6 Å². The molecule has 0 fully saturated rings. The minimum Gasteiger partial charge on any atom is -0.305 e. The van der Waals surface area contributed by atoms with E-state index in [0.717, 1.165) is 27.7 Å². The number of carbonyl (C=O) groups is 1. The second-order valence-corrected chi connectivity index (χ2v) is 8.89. The minimum atomic E-state index is -3.76. The minimum absolute atomic E-state index is 0.162. The van der Waals surface area contributed by atoms with E-state index < -0.39 is 15.9 Å². The maximum Gasteiger partial charge on any atom is 0.267 e. The number of hydroxylamine groups is 1. The molecule has 3 aromatic rings. The molecule has 1 amide bonds. The Labute approximate surface area is 175 Å². The number of aromatic nitrogens is 1. The average molecular weight is 426 g/mol. The Bertz CT molecular complexity index is 1160. The lowest BCUT2D eigenvalue weighted by Crippen LogP contribution is -2.14. The first-order chi connectivity index (χ1) is 14.3. The highest BCUT2D eigenvalue weighted by Crippen LogP contribution is 2.24. The number of amides is 1. The van der Waals surface area contributed by atoms with Crippen molar-refractivity contribution in [3.05, 3.63) is 84.2 Å². The Hall–Kier alpha value is -3.20. The molecule has 3 rings (SSSR count). The van der Waals surface area contributed by atoms with Crippen molar-refractivity contribution >= 4 is 22.0 Å². The molecule has 0 radical (unpaired) electrons. The fourth-order valence-electron chi connectivity index (χ4n) is 3.01. The Kier molecular flexibility index (Phi) is 6.51. The number of nitrogens with zero attached hydrogens (tertiary/aromatic N) is 2. The molecule has 1 aromatic heterocycles. The maximum atomic E-state index is 12.9. The number of carbonyl (C=O) groups excluding carboxylic acids is 1. The van der Waals surface area contributed by atoms with Gasteiger partial charge in [0.25, 0.3) is 15.9 Å². The van der Waals surface area contributed by atoms with Gasteiger partial charge in [-0.2, -0.15) is 0 Å². The number of hydrogen-bond donors (Lipinski definition) is 2. The maximum absolute atomic E-state index is 12.9. The van der Waals surface area contributed by atoms with Gasteiger partial charge in [0, 0.05) is 25.0 Å². The first kappa shape index (κ1) is 21.5. The molecule has 0 atom stereocenters. The van der Waals surface area contributed by atoms with Gasteiger partial charge in [0.1, 0.15) is 0 Å². The molecule has 0 saturated heterocycles. The predicted octanol–water partition coefficient (Wildman–Crippen LogP) is 2.97. The van der Waals surface area contributed by atoms with Gasteiger partial charge in [-0.05, 0) is 66.7 Å². The number of rotatable bonds is 7. The van der Waals surface area contributed by atoms with Crippen LogP contribution >= 0.6 is 0 Å². The Morgan fingerprint density at radius 1 is 1.10 bits per heavy atom. The van der Waals surface area contributed by atoms with Crippen LogP contribution in [0.5, 0.6) is 0 Å². The van der Waals surface area contributed by atoms with Gasteiger partial charge in [0.2, 0.25) is 0 Å². The molecule has 7 nitrogen and oxygen atoms in total. The van der Waals surface area contributed by atoms with Crippen molar-refractivity contribution in [1.82, 2.24) is 14.4 Å². The summed E-state index contributed by atoms with van der Waals surface area (Å²) >= 11 is 0. The first-order valence-corrected chi connectivity index (χ1v) is 10.6. The average Bonchev–Trinajstić information content (AvgIpc) is 3.22. The summed E-state index contributed by atoms with van der Waals surface area (Å²) < 4.78 is 26.9. The van der Waals surface area contributed by atoms with Gasteiger partial charge in [-0.1, -0.05) is 30.3 Å². The van der Waals surface area contributed by atoms with Crippen LogP contribution in [0.2, 0.25) is 0 Å². The summed E-state index contributed by atoms with van der Waals surface area (Å²) in [5.74, 6) is -0.698. The summed E-state index contributed by atoms with van der Waals surface area (Å²) in [6.45, 7) is 0.824. The Morgan fingerprint density at radius 2 is 1.83 bits per heavy atom. The van der Waals surface area contributed by atoms with Crippen molar-refractivity contribution in [2.45, 2.75) is 11.4 Å². The van der Waals surface area contributed by atoms with Gasteiger partial charge >= 0.3 is 0 Å². The quantitative estimate of drug-likeness (QED) is 0.345. The van der Waals surface area contributed by atoms with E-state index in [-0.39, 0.29) is 4.90 Å². The highest BCUT2D eigenvalue weighted by atomic mass is 32.2. The number of nitrogens with one attached hydrogen (secondary N) is 1. The second kappa shape index (κ2) is 9.08. The Morgan fingerprint density at radius 3 is 2.50 bits per heavy atom. The molecule has 0 unspecified atom stereocenters. The van der Waals surface area contributed by atoms with Crippen LogP contribution in [0.25, 0.3) is 17.2 Å². The van der Waals surface area contributed by atoms with Crippen LogP contribution in [0.3, 0.4) is 0 Å². The zero-order valence-electron chi connectivity index (χ0n) is 16.7. The first-order valence-electron chi connectivity index (χ1n) is 9.19. The smallest absolute Gasteiger partial charge is 0.267 e. The third-order valence-corrected chi connectivity index (χ3v) is 6.07. The van der Waals surface area contributed by atoms with Crippen LogP contribution in [0, 0.1) is 0 Å². The van der Waals surface area contributed by atoms with E-state index in [1.54, 1.807) is 30.3 Å². The van der Waals surface area contributed by atoms with Crippen molar-refractivity contribution in [3.8, 4) is 11.1 Å². The summed E-state index contributed by atoms with van der Waals surface area (Å²) in [7, 11) is 0.261. The lowest BCUT2D eigenvalue weighted by molar-refractivity contribution is -0.124. The summed E-state index contributed by atoms with van der Waals surface area (Å²) in [5.41, 5.74) is 5.12. The van der Waals surface area contributed by atoms with Crippen molar-refractivity contribution in [2.75, 3.05) is 14.1 Å². The van der Waals surface area contributed by atoms with Crippen LogP contribution < -0.4 is 5.48 Å². The molecule has 2 aromatic carbocycles. The van der Waals surface area contributed by atoms with Crippen LogP contribution in [0.1, 0.15) is 11.1 Å². The van der Waals surface area contributed by atoms with E-state index in [1.165, 1.54) is 29.5 Å². The molecular formula is C22H23N3O4S. The molecule has 30 heavy (non-hydrogen) atoms. The summed E-state index contributed by atoms with van der Waals surface area (Å²) in [5, 5.41) is 8.50. The fourth-order valence-corrected chi connectivity index (χ4v) is 4.21. The molecule has 156 valence electrons. The summed E-state index contributed by atoms with van der Waals surface area (Å²) in [6, 6.07) is 16.4. The van der Waals surface area contributed by atoms with Crippen LogP contribution in [0.4, 0.5) is 0 Å². The molecule has 0 spiro atoms. The molecule has 8 heteroatoms. The van der Waals surface area contributed by atoms with E-state index in [1.807, 2.05) is 26.2 Å². The van der Waals surface area contributed by atoms with E-state index in [0.29, 0.717) is 5.56 Å². The molecule has 0 aliphatic rings. The van der Waals surface area contributed by atoms with Crippen molar-refractivity contribution in [1.29, 1.82) is 0 Å². The van der Waals surface area contributed by atoms with Crippen LogP contribution in [-0.2, 0) is 21.4 Å². The molecule has 0 bridgehead atoms. The van der Waals surface area contributed by atoms with Gasteiger partial charge in [-0.25, -0.2) is 17.9 Å². The molecule has 0 aliphatic heterocycles. The van der Waals surface area contributed by atoms with E-state index in [4.69, 9.17) is 5.21 Å². The third-order valence-electron chi connectivity index (χ3n) is 4.42. The predicted molar refractivity (Wildman–Crippen MR) is 115 cm³/mol. The molecular weight excluding hydrogens is 402 g/mol. The van der Waals surface area contributed by atoms with Gasteiger partial charge in [0.15, 0.2) is 0 Å². The zero-order chi connectivity index (χ0) is 21.7. The molecule has 0 aliphatic carbocycles. The lowest BCUT2D eigenvalue weighted by Gasteiger charge is -2.11. The van der Waals surface area contributed by atoms with Gasteiger partial charge in [-0.15, -0.1) is 0 Å². The Balaban J connectivity index is 1.83. The lowest BCUT2D eigenvalue weighted by atomic mass is 10.0. The third kappa shape index (κ3) is 5.04. The molecule has 1 heterocycles. The molecule has 2 N–H and O–H groups in total. The number of hydrogen-bond acceptors (Lipinski definition) is 5. The summed E-state index contributed by atoms with van der Waals surface area (Å²) in [6.07, 6.45) is 5.31. The van der Waals surface area contributed by atoms with Crippen LogP contribution in [0.15, 0.2) is 78.0 Å². The summed E-state index contributed by atoms with van der Waals surface area (Å²) in [4.78, 5) is 13.3. The van der Waals surface area contributed by atoms with E-state index in [2.05, 4.69) is 17.0 Å².